The van der Waals surface area contributed by atoms with Gasteiger partial charge in [0.05, 0.1) is 29.2 Å². The summed E-state index contributed by atoms with van der Waals surface area (Å²) in [5.74, 6) is -3.43. The van der Waals surface area contributed by atoms with Crippen molar-refractivity contribution < 1.29 is 54.2 Å². The van der Waals surface area contributed by atoms with E-state index in [1.165, 1.54) is 0 Å². The number of hydrogen-bond donors (Lipinski definition) is 2. The van der Waals surface area contributed by atoms with Crippen LogP contribution >= 0.6 is 0 Å². The largest absolute Gasteiger partial charge is 0.479 e. The Kier molecular flexibility index (Phi) is 8.90. The van der Waals surface area contributed by atoms with Crippen molar-refractivity contribution >= 4 is 11.9 Å². The van der Waals surface area contributed by atoms with Crippen LogP contribution in [-0.4, -0.2) is 38.2 Å². The number of rotatable bonds is 6. The molecule has 200 valence electrons. The van der Waals surface area contributed by atoms with Crippen LogP contribution in [0.15, 0.2) is 61.3 Å². The number of nitrogens with one attached hydrogen (secondary N) is 1. The summed E-state index contributed by atoms with van der Waals surface area (Å²) in [6.45, 7) is -1.28. The van der Waals surface area contributed by atoms with Crippen LogP contribution in [0.1, 0.15) is 28.4 Å². The molecule has 1 amide bonds. The molecule has 1 aromatic carbocycles. The number of aromatic nitrogens is 3. The number of carboxylic acid groups (broad SMARTS) is 1. The molecule has 0 aliphatic carbocycles. The minimum atomic E-state index is -4.98. The van der Waals surface area contributed by atoms with E-state index in [1.807, 2.05) is 0 Å². The zero-order valence-electron chi connectivity index (χ0n) is 18.1. The number of pyridine rings is 1. The smallest absolute Gasteiger partial charge is 0.418 e. The fourth-order valence-corrected chi connectivity index (χ4v) is 2.82. The van der Waals surface area contributed by atoms with E-state index >= 15 is 0 Å². The van der Waals surface area contributed by atoms with Crippen molar-refractivity contribution in [1.82, 2.24) is 19.9 Å². The Labute approximate surface area is 201 Å². The summed E-state index contributed by atoms with van der Waals surface area (Å²) in [4.78, 5) is 28.3. The number of carbonyl (C=O) groups excluding carboxylic acids is 1. The molecule has 1 unspecified atom stereocenters. The predicted molar refractivity (Wildman–Crippen MR) is 107 cm³/mol. The molecule has 0 bridgehead atoms. The third-order valence-electron chi connectivity index (χ3n) is 4.48. The van der Waals surface area contributed by atoms with E-state index in [0.29, 0.717) is 24.5 Å². The van der Waals surface area contributed by atoms with Crippen LogP contribution in [0.4, 0.5) is 39.5 Å². The lowest BCUT2D eigenvalue weighted by atomic mass is 9.97. The van der Waals surface area contributed by atoms with Gasteiger partial charge in [-0.25, -0.2) is 14.2 Å². The maximum atomic E-state index is 14.4. The molecule has 3 rings (SSSR count). The van der Waals surface area contributed by atoms with E-state index in [-0.39, 0.29) is 10.1 Å². The molecule has 2 heterocycles. The highest BCUT2D eigenvalue weighted by atomic mass is 19.4. The first-order valence-corrected chi connectivity index (χ1v) is 9.73. The Hall–Kier alpha value is -4.11. The molecule has 1 atom stereocenters. The van der Waals surface area contributed by atoms with Crippen molar-refractivity contribution in [3.8, 4) is 0 Å². The monoisotopic (exact) mass is 542 g/mol. The van der Waals surface area contributed by atoms with Gasteiger partial charge in [0, 0.05) is 18.6 Å². The van der Waals surface area contributed by atoms with Gasteiger partial charge in [-0.05, 0) is 29.8 Å². The summed E-state index contributed by atoms with van der Waals surface area (Å²) in [6, 6.07) is -1.98. The summed E-state index contributed by atoms with van der Waals surface area (Å²) in [6.07, 6.45) is -6.46. The Balaban J connectivity index is 0.000000877. The van der Waals surface area contributed by atoms with E-state index < -0.39 is 59.8 Å². The van der Waals surface area contributed by atoms with Crippen molar-refractivity contribution in [2.45, 2.75) is 24.4 Å². The van der Waals surface area contributed by atoms with Gasteiger partial charge in [0.15, 0.2) is 6.67 Å². The Morgan fingerprint density at radius 1 is 0.946 bits per heavy atom. The molecule has 0 saturated heterocycles. The number of amides is 1. The van der Waals surface area contributed by atoms with Crippen molar-refractivity contribution in [2.24, 2.45) is 0 Å². The lowest BCUT2D eigenvalue weighted by Crippen LogP contribution is -2.44. The number of benzene rings is 1. The number of nitrogens with zero attached hydrogens (tertiary/aromatic N) is 3. The minimum absolute atomic E-state index is 0.120. The topological polar surface area (TPSA) is 97.1 Å². The van der Waals surface area contributed by atoms with Crippen LogP contribution in [0.25, 0.3) is 0 Å². The normalized spacial score (nSPS) is 12.8. The average Bonchev–Trinajstić information content (AvgIpc) is 3.38. The molecule has 0 radical (unpaired) electrons. The lowest BCUT2D eigenvalue weighted by molar-refractivity contribution is -0.162. The fourth-order valence-electron chi connectivity index (χ4n) is 2.82. The molecule has 0 spiro atoms. The van der Waals surface area contributed by atoms with E-state index in [2.05, 4.69) is 9.97 Å². The second-order valence-corrected chi connectivity index (χ2v) is 7.00. The van der Waals surface area contributed by atoms with Gasteiger partial charge < -0.3 is 10.4 Å². The predicted octanol–water partition coefficient (Wildman–Crippen LogP) is 4.81. The van der Waals surface area contributed by atoms with E-state index in [4.69, 9.17) is 9.90 Å². The molecule has 7 nitrogen and oxygen atoms in total. The number of hydrogen-bond acceptors (Lipinski definition) is 4. The third kappa shape index (κ3) is 7.44. The Morgan fingerprint density at radius 3 is 2.00 bits per heavy atom. The summed E-state index contributed by atoms with van der Waals surface area (Å²) < 4.78 is 119. The zero-order valence-corrected chi connectivity index (χ0v) is 18.1. The average molecular weight is 542 g/mol. The Bertz CT molecular complexity index is 1200. The van der Waals surface area contributed by atoms with Crippen LogP contribution in [0.3, 0.4) is 0 Å². The van der Waals surface area contributed by atoms with Gasteiger partial charge in [0.1, 0.15) is 0 Å². The van der Waals surface area contributed by atoms with E-state index in [0.717, 1.165) is 36.8 Å². The molecule has 3 aromatic rings. The van der Waals surface area contributed by atoms with Crippen molar-refractivity contribution in [3.63, 3.8) is 0 Å². The molecular formula is C21H15F9N4O3. The highest BCUT2D eigenvalue weighted by Crippen LogP contribution is 2.37. The summed E-state index contributed by atoms with van der Waals surface area (Å²) in [5, 5.41) is 9.11. The standard InChI is InChI=1S/C19H12F8N4O.C2H3FO2/c20-17(21,22)12-5-3-11(4-6-12)14(15-13(18(23,24)25)2-1-7-29-15)30-16(32)19(26,27)31-9-8-28-10-31;3-1-2(4)5/h1-10,14H,(H,30,32);1H2,(H,4,5). The SMILES string of the molecule is O=C(NC(c1ccc(C(F)(F)F)cc1)c1ncccc1C(F)(F)F)C(F)(F)n1ccnc1.O=C(O)CF. The van der Waals surface area contributed by atoms with Gasteiger partial charge in [-0.1, -0.05) is 12.1 Å². The van der Waals surface area contributed by atoms with Crippen molar-refractivity contribution in [1.29, 1.82) is 0 Å². The molecule has 16 heteroatoms. The van der Waals surface area contributed by atoms with Gasteiger partial charge in [0.2, 0.25) is 0 Å². The second kappa shape index (κ2) is 11.3. The summed E-state index contributed by atoms with van der Waals surface area (Å²) in [7, 11) is 0. The number of halogens is 9. The number of aliphatic carboxylic acids is 1. The molecular weight excluding hydrogens is 527 g/mol. The molecule has 37 heavy (non-hydrogen) atoms. The molecule has 0 saturated carbocycles. The molecule has 0 aliphatic heterocycles. The maximum Gasteiger partial charge on any atom is 0.418 e. The quantitative estimate of drug-likeness (QED) is 0.436. The van der Waals surface area contributed by atoms with Crippen LogP contribution in [0.2, 0.25) is 0 Å². The zero-order chi connectivity index (χ0) is 28.0. The second-order valence-electron chi connectivity index (χ2n) is 7.00. The third-order valence-corrected chi connectivity index (χ3v) is 4.48. The van der Waals surface area contributed by atoms with Gasteiger partial charge >= 0.3 is 30.3 Å². The molecule has 2 aromatic heterocycles. The minimum Gasteiger partial charge on any atom is -0.479 e. The number of imidazole rings is 1. The first-order valence-electron chi connectivity index (χ1n) is 9.73. The van der Waals surface area contributed by atoms with Crippen LogP contribution in [0.5, 0.6) is 0 Å². The highest BCUT2D eigenvalue weighted by molar-refractivity contribution is 5.82. The number of alkyl halides is 9. The molecule has 0 fully saturated rings. The van der Waals surface area contributed by atoms with Crippen LogP contribution in [0, 0.1) is 0 Å². The van der Waals surface area contributed by atoms with Crippen LogP contribution < -0.4 is 5.32 Å². The van der Waals surface area contributed by atoms with Crippen molar-refractivity contribution in [3.05, 3.63) is 83.7 Å². The van der Waals surface area contributed by atoms with Gasteiger partial charge in [-0.2, -0.15) is 35.1 Å². The number of carboxylic acids is 1. The summed E-state index contributed by atoms with van der Waals surface area (Å²) in [5.41, 5.74) is -3.66. The number of carbonyl (C=O) groups is 2. The Morgan fingerprint density at radius 2 is 1.54 bits per heavy atom. The fraction of sp³-hybridized carbons (Fsp3) is 0.238. The van der Waals surface area contributed by atoms with Gasteiger partial charge in [-0.15, -0.1) is 0 Å². The molecule has 0 aliphatic rings. The molecule has 2 N–H and O–H groups in total. The lowest BCUT2D eigenvalue weighted by Gasteiger charge is -2.25. The first-order chi connectivity index (χ1) is 17.1. The highest BCUT2D eigenvalue weighted by Gasteiger charge is 2.44. The van der Waals surface area contributed by atoms with Gasteiger partial charge in [0.25, 0.3) is 0 Å². The first kappa shape index (κ1) is 29.1. The van der Waals surface area contributed by atoms with Crippen LogP contribution in [-0.2, 0) is 28.0 Å². The maximum absolute atomic E-state index is 14.4. The van der Waals surface area contributed by atoms with Crippen molar-refractivity contribution in [2.75, 3.05) is 6.67 Å². The van der Waals surface area contributed by atoms with Gasteiger partial charge in [-0.3, -0.25) is 14.3 Å². The van der Waals surface area contributed by atoms with E-state index in [1.54, 1.807) is 5.32 Å². The summed E-state index contributed by atoms with van der Waals surface area (Å²) >= 11 is 0. The van der Waals surface area contributed by atoms with E-state index in [9.17, 15) is 44.3 Å².